The van der Waals surface area contributed by atoms with Crippen LogP contribution in [0.4, 0.5) is 0 Å². The van der Waals surface area contributed by atoms with Crippen LogP contribution in [0.2, 0.25) is 0 Å². The average Bonchev–Trinajstić information content (AvgIpc) is 2.71. The molecule has 1 N–H and O–H groups in total. The topological polar surface area (TPSA) is 29.1 Å². The van der Waals surface area contributed by atoms with Crippen molar-refractivity contribution in [1.82, 2.24) is 5.32 Å². The number of carbonyl (C=O) groups excluding carboxylic acids is 1. The van der Waals surface area contributed by atoms with Crippen molar-refractivity contribution < 1.29 is 4.79 Å². The minimum absolute atomic E-state index is 0.267. The highest BCUT2D eigenvalue weighted by atomic mass is 16.1. The van der Waals surface area contributed by atoms with Gasteiger partial charge in [-0.15, -0.1) is 0 Å². The third kappa shape index (κ3) is 14.0. The fourth-order valence-corrected chi connectivity index (χ4v) is 4.18. The standard InChI is InChI=1S/C26H47NO/c1-3-4-5-6-7-8-9-10-11-12-13-14-15-16-20-23-26(28)27-24(2)25-21-18-17-19-22-25/h7-8,10-11,24-25H,3-6,9,12-23H2,1-2H3,(H,27,28)/b8-7-,11-10-. The Kier molecular flexibility index (Phi) is 16.1. The van der Waals surface area contributed by atoms with Crippen molar-refractivity contribution in [1.29, 1.82) is 0 Å². The van der Waals surface area contributed by atoms with Gasteiger partial charge < -0.3 is 5.32 Å². The Morgan fingerprint density at radius 1 is 0.857 bits per heavy atom. The lowest BCUT2D eigenvalue weighted by atomic mass is 9.84. The summed E-state index contributed by atoms with van der Waals surface area (Å²) >= 11 is 0. The smallest absolute Gasteiger partial charge is 0.220 e. The van der Waals surface area contributed by atoms with Crippen LogP contribution in [0.5, 0.6) is 0 Å². The van der Waals surface area contributed by atoms with E-state index in [0.717, 1.165) is 12.8 Å². The molecule has 0 spiro atoms. The van der Waals surface area contributed by atoms with Gasteiger partial charge in [-0.3, -0.25) is 4.79 Å². The average molecular weight is 390 g/mol. The van der Waals surface area contributed by atoms with Gasteiger partial charge in [0.05, 0.1) is 0 Å². The molecular formula is C26H47NO. The van der Waals surface area contributed by atoms with Crippen molar-refractivity contribution in [3.05, 3.63) is 24.3 Å². The van der Waals surface area contributed by atoms with Crippen molar-refractivity contribution in [2.75, 3.05) is 0 Å². The summed E-state index contributed by atoms with van der Waals surface area (Å²) in [5.74, 6) is 0.978. The Morgan fingerprint density at radius 3 is 2.14 bits per heavy atom. The van der Waals surface area contributed by atoms with Gasteiger partial charge in [-0.1, -0.05) is 82.6 Å². The number of amides is 1. The lowest BCUT2D eigenvalue weighted by Gasteiger charge is -2.28. The maximum atomic E-state index is 12.1. The first-order chi connectivity index (χ1) is 13.7. The van der Waals surface area contributed by atoms with Crippen molar-refractivity contribution in [2.24, 2.45) is 5.92 Å². The second-order valence-corrected chi connectivity index (χ2v) is 8.74. The van der Waals surface area contributed by atoms with Gasteiger partial charge in [0.1, 0.15) is 0 Å². The summed E-state index contributed by atoms with van der Waals surface area (Å²) in [4.78, 5) is 12.1. The van der Waals surface area contributed by atoms with Gasteiger partial charge in [0.25, 0.3) is 0 Å². The molecule has 0 aliphatic heterocycles. The van der Waals surface area contributed by atoms with Gasteiger partial charge in [-0.2, -0.15) is 0 Å². The molecule has 0 heterocycles. The molecule has 0 saturated heterocycles. The third-order valence-corrected chi connectivity index (χ3v) is 6.10. The molecule has 1 aliphatic carbocycles. The molecule has 1 atom stereocenters. The largest absolute Gasteiger partial charge is 0.353 e. The summed E-state index contributed by atoms with van der Waals surface area (Å²) in [6, 6.07) is 0.366. The van der Waals surface area contributed by atoms with Crippen LogP contribution in [0, 0.1) is 5.92 Å². The predicted molar refractivity (Wildman–Crippen MR) is 124 cm³/mol. The first-order valence-corrected chi connectivity index (χ1v) is 12.3. The molecule has 1 fully saturated rings. The summed E-state index contributed by atoms with van der Waals surface area (Å²) in [5.41, 5.74) is 0. The van der Waals surface area contributed by atoms with E-state index in [9.17, 15) is 4.79 Å². The summed E-state index contributed by atoms with van der Waals surface area (Å²) in [5, 5.41) is 3.25. The van der Waals surface area contributed by atoms with E-state index in [0.29, 0.717) is 18.4 Å². The van der Waals surface area contributed by atoms with Crippen LogP contribution in [0.3, 0.4) is 0 Å². The van der Waals surface area contributed by atoms with E-state index in [4.69, 9.17) is 0 Å². The number of nitrogens with one attached hydrogen (secondary N) is 1. The maximum Gasteiger partial charge on any atom is 0.220 e. The van der Waals surface area contributed by atoms with Crippen LogP contribution in [0.25, 0.3) is 0 Å². The molecule has 0 aromatic carbocycles. The van der Waals surface area contributed by atoms with E-state index >= 15 is 0 Å². The highest BCUT2D eigenvalue weighted by Crippen LogP contribution is 2.26. The van der Waals surface area contributed by atoms with Crippen LogP contribution in [0.15, 0.2) is 24.3 Å². The molecule has 1 saturated carbocycles. The maximum absolute atomic E-state index is 12.1. The second-order valence-electron chi connectivity index (χ2n) is 8.74. The van der Waals surface area contributed by atoms with Crippen LogP contribution in [0.1, 0.15) is 123 Å². The quantitative estimate of drug-likeness (QED) is 0.211. The summed E-state index contributed by atoms with van der Waals surface area (Å²) in [6.07, 6.45) is 30.2. The molecule has 2 heteroatoms. The second kappa shape index (κ2) is 18.0. The molecule has 0 aromatic rings. The predicted octanol–water partition coefficient (Wildman–Crippen LogP) is 7.88. The Hall–Kier alpha value is -1.05. The van der Waals surface area contributed by atoms with E-state index in [2.05, 4.69) is 43.5 Å². The van der Waals surface area contributed by atoms with Crippen LogP contribution in [-0.2, 0) is 4.79 Å². The molecule has 1 amide bonds. The van der Waals surface area contributed by atoms with Gasteiger partial charge >= 0.3 is 0 Å². The Labute approximate surface area is 175 Å². The molecule has 0 aromatic heterocycles. The summed E-state index contributed by atoms with van der Waals surface area (Å²) < 4.78 is 0. The van der Waals surface area contributed by atoms with E-state index in [1.54, 1.807) is 0 Å². The van der Waals surface area contributed by atoms with Crippen molar-refractivity contribution in [3.8, 4) is 0 Å². The molecule has 2 nitrogen and oxygen atoms in total. The lowest BCUT2D eigenvalue weighted by molar-refractivity contribution is -0.122. The summed E-state index contributed by atoms with van der Waals surface area (Å²) in [7, 11) is 0. The zero-order valence-electron chi connectivity index (χ0n) is 18.9. The van der Waals surface area contributed by atoms with Crippen molar-refractivity contribution >= 4 is 5.91 Å². The molecule has 1 aliphatic rings. The first kappa shape index (κ1) is 25.0. The van der Waals surface area contributed by atoms with Gasteiger partial charge in [-0.25, -0.2) is 0 Å². The van der Waals surface area contributed by atoms with E-state index < -0.39 is 0 Å². The summed E-state index contributed by atoms with van der Waals surface area (Å²) in [6.45, 7) is 4.45. The number of rotatable bonds is 16. The van der Waals surface area contributed by atoms with Crippen LogP contribution >= 0.6 is 0 Å². The van der Waals surface area contributed by atoms with Crippen LogP contribution in [-0.4, -0.2) is 11.9 Å². The highest BCUT2D eigenvalue weighted by Gasteiger charge is 2.20. The SMILES string of the molecule is CCCCC/C=C\C/C=C\CCCCCCCC(=O)NC(C)C1CCCCC1. The number of carbonyl (C=O) groups is 1. The zero-order valence-corrected chi connectivity index (χ0v) is 18.9. The number of allylic oxidation sites excluding steroid dienone is 4. The molecule has 28 heavy (non-hydrogen) atoms. The highest BCUT2D eigenvalue weighted by molar-refractivity contribution is 5.76. The minimum Gasteiger partial charge on any atom is -0.353 e. The lowest BCUT2D eigenvalue weighted by Crippen LogP contribution is -2.38. The fraction of sp³-hybridized carbons (Fsp3) is 0.808. The molecular weight excluding hydrogens is 342 g/mol. The third-order valence-electron chi connectivity index (χ3n) is 6.10. The molecule has 0 bridgehead atoms. The Morgan fingerprint density at radius 2 is 1.46 bits per heavy atom. The van der Waals surface area contributed by atoms with E-state index in [1.165, 1.54) is 89.9 Å². The van der Waals surface area contributed by atoms with E-state index in [1.807, 2.05) is 0 Å². The van der Waals surface area contributed by atoms with Gasteiger partial charge in [0.2, 0.25) is 5.91 Å². The van der Waals surface area contributed by atoms with E-state index in [-0.39, 0.29) is 5.91 Å². The molecule has 0 radical (unpaired) electrons. The van der Waals surface area contributed by atoms with Gasteiger partial charge in [-0.05, 0) is 64.2 Å². The Bertz CT molecular complexity index is 420. The van der Waals surface area contributed by atoms with Crippen molar-refractivity contribution in [3.63, 3.8) is 0 Å². The fourth-order valence-electron chi connectivity index (χ4n) is 4.18. The molecule has 162 valence electrons. The normalized spacial score (nSPS) is 16.8. The van der Waals surface area contributed by atoms with Crippen molar-refractivity contribution in [2.45, 2.75) is 129 Å². The molecule has 1 rings (SSSR count). The van der Waals surface area contributed by atoms with Gasteiger partial charge in [0, 0.05) is 12.5 Å². The zero-order chi connectivity index (χ0) is 20.3. The van der Waals surface area contributed by atoms with Crippen LogP contribution < -0.4 is 5.32 Å². The monoisotopic (exact) mass is 389 g/mol. The molecule has 1 unspecified atom stereocenters. The Balaban J connectivity index is 1.87. The number of hydrogen-bond acceptors (Lipinski definition) is 1. The number of hydrogen-bond donors (Lipinski definition) is 1. The minimum atomic E-state index is 0.267. The number of unbranched alkanes of at least 4 members (excludes halogenated alkanes) is 8. The first-order valence-electron chi connectivity index (χ1n) is 12.3. The van der Waals surface area contributed by atoms with Gasteiger partial charge in [0.15, 0.2) is 0 Å².